The highest BCUT2D eigenvalue weighted by molar-refractivity contribution is 5.92. The molecule has 0 saturated heterocycles. The Bertz CT molecular complexity index is 634. The second-order valence-electron chi connectivity index (χ2n) is 4.10. The first-order valence-electron chi connectivity index (χ1n) is 6.16. The van der Waals surface area contributed by atoms with Gasteiger partial charge in [0.2, 0.25) is 5.88 Å². The van der Waals surface area contributed by atoms with Crippen LogP contribution in [0.3, 0.4) is 0 Å². The molecular formula is C14H16N2O4. The van der Waals surface area contributed by atoms with Crippen LogP contribution in [0, 0.1) is 0 Å². The molecule has 6 nitrogen and oxygen atoms in total. The second-order valence-corrected chi connectivity index (χ2v) is 4.10. The van der Waals surface area contributed by atoms with Gasteiger partial charge in [-0.25, -0.2) is 4.79 Å². The molecule has 2 aromatic rings. The van der Waals surface area contributed by atoms with Crippen molar-refractivity contribution in [2.45, 2.75) is 13.3 Å². The number of carboxylic acid groups (broad SMARTS) is 1. The second kappa shape index (κ2) is 5.64. The molecule has 0 bridgehead atoms. The van der Waals surface area contributed by atoms with Gasteiger partial charge in [-0.2, -0.15) is 9.78 Å². The third kappa shape index (κ3) is 2.32. The number of nitrogens with zero attached hydrogens (tertiary/aromatic N) is 2. The molecule has 1 aromatic carbocycles. The van der Waals surface area contributed by atoms with E-state index in [0.717, 1.165) is 0 Å². The number of hydrogen-bond donors (Lipinski definition) is 1. The summed E-state index contributed by atoms with van der Waals surface area (Å²) in [5.41, 5.74) is 1.26. The van der Waals surface area contributed by atoms with Crippen LogP contribution in [0.1, 0.15) is 23.0 Å². The lowest BCUT2D eigenvalue weighted by Crippen LogP contribution is -2.03. The first-order valence-corrected chi connectivity index (χ1v) is 6.16. The third-order valence-corrected chi connectivity index (χ3v) is 2.96. The lowest BCUT2D eigenvalue weighted by atomic mass is 10.2. The lowest BCUT2D eigenvalue weighted by molar-refractivity contribution is 0.0692. The Morgan fingerprint density at radius 3 is 2.65 bits per heavy atom. The predicted molar refractivity (Wildman–Crippen MR) is 73.0 cm³/mol. The number of carbonyl (C=O) groups is 1. The Kier molecular flexibility index (Phi) is 3.93. The minimum atomic E-state index is -1.05. The van der Waals surface area contributed by atoms with Crippen LogP contribution in [-0.4, -0.2) is 35.1 Å². The number of benzene rings is 1. The monoisotopic (exact) mass is 276 g/mol. The number of aromatic nitrogens is 2. The van der Waals surface area contributed by atoms with E-state index in [4.69, 9.17) is 9.47 Å². The van der Waals surface area contributed by atoms with Gasteiger partial charge in [-0.05, 0) is 18.6 Å². The summed E-state index contributed by atoms with van der Waals surface area (Å²) in [7, 11) is 3.00. The summed E-state index contributed by atoms with van der Waals surface area (Å²) in [6, 6.07) is 7.18. The molecule has 0 atom stereocenters. The lowest BCUT2D eigenvalue weighted by Gasteiger charge is -2.08. The largest absolute Gasteiger partial charge is 0.497 e. The molecule has 0 spiro atoms. The van der Waals surface area contributed by atoms with Crippen molar-refractivity contribution in [3.05, 3.63) is 35.5 Å². The van der Waals surface area contributed by atoms with Crippen molar-refractivity contribution in [3.8, 4) is 17.3 Å². The van der Waals surface area contributed by atoms with Gasteiger partial charge < -0.3 is 14.6 Å². The zero-order chi connectivity index (χ0) is 14.7. The van der Waals surface area contributed by atoms with Gasteiger partial charge in [0.25, 0.3) is 0 Å². The van der Waals surface area contributed by atoms with Gasteiger partial charge in [0.15, 0.2) is 0 Å². The van der Waals surface area contributed by atoms with Crippen LogP contribution in [0.2, 0.25) is 0 Å². The summed E-state index contributed by atoms with van der Waals surface area (Å²) < 4.78 is 11.9. The minimum Gasteiger partial charge on any atom is -0.497 e. The number of hydrogen-bond acceptors (Lipinski definition) is 4. The zero-order valence-electron chi connectivity index (χ0n) is 11.6. The Morgan fingerprint density at radius 2 is 2.10 bits per heavy atom. The summed E-state index contributed by atoms with van der Waals surface area (Å²) in [6.45, 7) is 1.85. The Balaban J connectivity index is 2.64. The normalized spacial score (nSPS) is 10.3. The quantitative estimate of drug-likeness (QED) is 0.905. The number of rotatable bonds is 5. The smallest absolute Gasteiger partial charge is 0.343 e. The summed E-state index contributed by atoms with van der Waals surface area (Å²) in [5, 5.41) is 13.6. The Hall–Kier alpha value is -2.50. The minimum absolute atomic E-state index is 0.0952. The number of aryl methyl sites for hydroxylation is 1. The van der Waals surface area contributed by atoms with Crippen LogP contribution in [-0.2, 0) is 6.42 Å². The predicted octanol–water partition coefficient (Wildman–Crippen LogP) is 2.15. The number of aromatic carboxylic acids is 1. The fourth-order valence-electron chi connectivity index (χ4n) is 2.01. The first kappa shape index (κ1) is 13.9. The molecule has 0 fully saturated rings. The highest BCUT2D eigenvalue weighted by Gasteiger charge is 2.24. The van der Waals surface area contributed by atoms with Gasteiger partial charge in [0, 0.05) is 6.07 Å². The van der Waals surface area contributed by atoms with E-state index in [1.807, 2.05) is 13.0 Å². The molecule has 0 amide bonds. The summed E-state index contributed by atoms with van der Waals surface area (Å²) in [6.07, 6.45) is 0.509. The number of ether oxygens (including phenoxy) is 2. The molecule has 0 unspecified atom stereocenters. The Morgan fingerprint density at radius 1 is 1.35 bits per heavy atom. The van der Waals surface area contributed by atoms with Gasteiger partial charge in [-0.3, -0.25) is 0 Å². The van der Waals surface area contributed by atoms with E-state index in [0.29, 0.717) is 23.6 Å². The Labute approximate surface area is 116 Å². The van der Waals surface area contributed by atoms with E-state index in [-0.39, 0.29) is 11.4 Å². The molecule has 0 aliphatic carbocycles. The third-order valence-electron chi connectivity index (χ3n) is 2.96. The number of carboxylic acids is 1. The molecule has 2 rings (SSSR count). The van der Waals surface area contributed by atoms with E-state index < -0.39 is 5.97 Å². The molecule has 6 heteroatoms. The first-order chi connectivity index (χ1) is 9.62. The molecule has 0 aliphatic heterocycles. The van der Waals surface area contributed by atoms with Crippen molar-refractivity contribution in [1.82, 2.24) is 9.78 Å². The van der Waals surface area contributed by atoms with Gasteiger partial charge in [-0.1, -0.05) is 13.0 Å². The van der Waals surface area contributed by atoms with Crippen molar-refractivity contribution in [2.75, 3.05) is 14.2 Å². The van der Waals surface area contributed by atoms with Crippen molar-refractivity contribution in [2.24, 2.45) is 0 Å². The van der Waals surface area contributed by atoms with Crippen LogP contribution >= 0.6 is 0 Å². The van der Waals surface area contributed by atoms with E-state index >= 15 is 0 Å². The fourth-order valence-corrected chi connectivity index (χ4v) is 2.01. The zero-order valence-corrected chi connectivity index (χ0v) is 11.6. The maximum atomic E-state index is 11.4. The van der Waals surface area contributed by atoms with E-state index in [2.05, 4.69) is 5.10 Å². The molecular weight excluding hydrogens is 260 g/mol. The molecule has 0 aliphatic rings. The van der Waals surface area contributed by atoms with Crippen molar-refractivity contribution >= 4 is 5.97 Å². The van der Waals surface area contributed by atoms with Gasteiger partial charge in [0.05, 0.1) is 25.6 Å². The van der Waals surface area contributed by atoms with Crippen molar-refractivity contribution in [3.63, 3.8) is 0 Å². The van der Waals surface area contributed by atoms with E-state index in [1.165, 1.54) is 11.8 Å². The maximum absolute atomic E-state index is 11.4. The van der Waals surface area contributed by atoms with Crippen LogP contribution in [0.25, 0.3) is 5.69 Å². The summed E-state index contributed by atoms with van der Waals surface area (Å²) >= 11 is 0. The molecule has 1 heterocycles. The molecule has 0 radical (unpaired) electrons. The van der Waals surface area contributed by atoms with Crippen molar-refractivity contribution in [1.29, 1.82) is 0 Å². The highest BCUT2D eigenvalue weighted by Crippen LogP contribution is 2.27. The fraction of sp³-hybridized carbons (Fsp3) is 0.286. The molecule has 1 aromatic heterocycles. The number of methoxy groups -OCH3 is 2. The molecule has 20 heavy (non-hydrogen) atoms. The van der Waals surface area contributed by atoms with E-state index in [1.54, 1.807) is 25.3 Å². The van der Waals surface area contributed by atoms with Gasteiger partial charge >= 0.3 is 5.97 Å². The SMILES string of the molecule is CCc1nn(-c2cccc(OC)c2)c(OC)c1C(=O)O. The summed E-state index contributed by atoms with van der Waals surface area (Å²) in [5.74, 6) is -0.176. The van der Waals surface area contributed by atoms with Crippen LogP contribution in [0.15, 0.2) is 24.3 Å². The summed E-state index contributed by atoms with van der Waals surface area (Å²) in [4.78, 5) is 11.4. The molecule has 106 valence electrons. The highest BCUT2D eigenvalue weighted by atomic mass is 16.5. The molecule has 0 saturated carbocycles. The average molecular weight is 276 g/mol. The van der Waals surface area contributed by atoms with Crippen molar-refractivity contribution < 1.29 is 19.4 Å². The van der Waals surface area contributed by atoms with Gasteiger partial charge in [0.1, 0.15) is 11.3 Å². The van der Waals surface area contributed by atoms with Crippen LogP contribution in [0.5, 0.6) is 11.6 Å². The maximum Gasteiger partial charge on any atom is 0.343 e. The standard InChI is InChI=1S/C14H16N2O4/c1-4-11-12(14(17)18)13(20-3)16(15-11)9-6-5-7-10(8-9)19-2/h5-8H,4H2,1-3H3,(H,17,18). The topological polar surface area (TPSA) is 73.6 Å². The average Bonchev–Trinajstić information content (AvgIpc) is 2.86. The van der Waals surface area contributed by atoms with Crippen LogP contribution < -0.4 is 9.47 Å². The van der Waals surface area contributed by atoms with Crippen LogP contribution in [0.4, 0.5) is 0 Å². The van der Waals surface area contributed by atoms with Gasteiger partial charge in [-0.15, -0.1) is 0 Å². The molecule has 1 N–H and O–H groups in total. The van der Waals surface area contributed by atoms with E-state index in [9.17, 15) is 9.90 Å².